The highest BCUT2D eigenvalue weighted by molar-refractivity contribution is 6.31. The molecule has 0 fully saturated rings. The minimum Gasteiger partial charge on any atom is -0.481 e. The second kappa shape index (κ2) is 5.33. The summed E-state index contributed by atoms with van der Waals surface area (Å²) in [5.74, 6) is -1.62. The van der Waals surface area contributed by atoms with Gasteiger partial charge >= 0.3 is 5.97 Å². The number of hydrogen-bond donors (Lipinski definition) is 3. The predicted molar refractivity (Wildman–Crippen MR) is 62.8 cm³/mol. The first kappa shape index (κ1) is 13.7. The Morgan fingerprint density at radius 1 is 1.59 bits per heavy atom. The first-order valence-electron chi connectivity index (χ1n) is 4.93. The van der Waals surface area contributed by atoms with Gasteiger partial charge in [0, 0.05) is 12.2 Å². The highest BCUT2D eigenvalue weighted by Crippen LogP contribution is 2.20. The van der Waals surface area contributed by atoms with E-state index in [1.807, 2.05) is 0 Å². The Morgan fingerprint density at radius 3 is 2.76 bits per heavy atom. The lowest BCUT2D eigenvalue weighted by molar-refractivity contribution is -0.141. The molecule has 0 aromatic heterocycles. The summed E-state index contributed by atoms with van der Waals surface area (Å²) in [7, 11) is 0. The van der Waals surface area contributed by atoms with Crippen molar-refractivity contribution < 1.29 is 19.4 Å². The summed E-state index contributed by atoms with van der Waals surface area (Å²) in [6.45, 7) is 1.43. The lowest BCUT2D eigenvalue weighted by Crippen LogP contribution is -2.35. The minimum absolute atomic E-state index is 0.0290. The zero-order valence-corrected chi connectivity index (χ0v) is 9.96. The number of rotatable bonds is 5. The van der Waals surface area contributed by atoms with E-state index in [0.717, 1.165) is 0 Å². The molecule has 0 radical (unpaired) electrons. The molecule has 0 bridgehead atoms. The summed E-state index contributed by atoms with van der Waals surface area (Å²) in [4.78, 5) is 10.5. The van der Waals surface area contributed by atoms with Crippen LogP contribution in [-0.4, -0.2) is 28.3 Å². The second-order valence-electron chi connectivity index (χ2n) is 4.05. The molecule has 6 heteroatoms. The summed E-state index contributed by atoms with van der Waals surface area (Å²) in [6.07, 6.45) is -0.380. The van der Waals surface area contributed by atoms with Gasteiger partial charge in [-0.05, 0) is 25.1 Å². The lowest BCUT2D eigenvalue weighted by atomic mass is 10.0. The van der Waals surface area contributed by atoms with Crippen LogP contribution in [-0.2, 0) is 4.79 Å². The van der Waals surface area contributed by atoms with Gasteiger partial charge in [-0.1, -0.05) is 11.6 Å². The highest BCUT2D eigenvalue weighted by Gasteiger charge is 2.23. The van der Waals surface area contributed by atoms with Crippen molar-refractivity contribution >= 4 is 23.3 Å². The molecule has 4 nitrogen and oxygen atoms in total. The monoisotopic (exact) mass is 261 g/mol. The number of benzene rings is 1. The summed E-state index contributed by atoms with van der Waals surface area (Å²) in [6, 6.07) is 4.02. The van der Waals surface area contributed by atoms with Crippen LogP contribution in [0.1, 0.15) is 13.3 Å². The quantitative estimate of drug-likeness (QED) is 0.759. The second-order valence-corrected chi connectivity index (χ2v) is 4.46. The molecule has 94 valence electrons. The molecule has 0 spiro atoms. The van der Waals surface area contributed by atoms with Gasteiger partial charge < -0.3 is 15.5 Å². The average molecular weight is 262 g/mol. The zero-order chi connectivity index (χ0) is 13.1. The first-order chi connectivity index (χ1) is 7.80. The van der Waals surface area contributed by atoms with Crippen molar-refractivity contribution in [3.05, 3.63) is 29.0 Å². The molecule has 17 heavy (non-hydrogen) atoms. The van der Waals surface area contributed by atoms with Crippen LogP contribution in [0.25, 0.3) is 0 Å². The Kier molecular flexibility index (Phi) is 4.31. The van der Waals surface area contributed by atoms with Crippen LogP contribution in [0.15, 0.2) is 18.2 Å². The molecule has 0 saturated carbocycles. The molecule has 0 aliphatic heterocycles. The van der Waals surface area contributed by atoms with E-state index in [2.05, 4.69) is 5.32 Å². The number of hydrogen-bond acceptors (Lipinski definition) is 3. The van der Waals surface area contributed by atoms with Gasteiger partial charge in [0.1, 0.15) is 5.82 Å². The maximum absolute atomic E-state index is 12.9. The van der Waals surface area contributed by atoms with Gasteiger partial charge in [-0.15, -0.1) is 0 Å². The van der Waals surface area contributed by atoms with Crippen molar-refractivity contribution in [1.29, 1.82) is 0 Å². The van der Waals surface area contributed by atoms with Crippen molar-refractivity contribution in [1.82, 2.24) is 0 Å². The van der Waals surface area contributed by atoms with Crippen LogP contribution in [0, 0.1) is 5.82 Å². The van der Waals surface area contributed by atoms with Gasteiger partial charge in [0.15, 0.2) is 0 Å². The first-order valence-corrected chi connectivity index (χ1v) is 5.31. The Morgan fingerprint density at radius 2 is 2.24 bits per heavy atom. The molecule has 1 aromatic carbocycles. The van der Waals surface area contributed by atoms with E-state index in [1.165, 1.54) is 25.1 Å². The third-order valence-corrected chi connectivity index (χ3v) is 2.41. The van der Waals surface area contributed by atoms with Gasteiger partial charge in [0.2, 0.25) is 0 Å². The van der Waals surface area contributed by atoms with Crippen molar-refractivity contribution in [3.8, 4) is 0 Å². The largest absolute Gasteiger partial charge is 0.481 e. The van der Waals surface area contributed by atoms with Crippen molar-refractivity contribution in [2.24, 2.45) is 0 Å². The highest BCUT2D eigenvalue weighted by atomic mass is 35.5. The number of nitrogens with one attached hydrogen (secondary N) is 1. The maximum atomic E-state index is 12.9. The van der Waals surface area contributed by atoms with Crippen LogP contribution in [0.3, 0.4) is 0 Å². The third-order valence-electron chi connectivity index (χ3n) is 2.13. The smallest absolute Gasteiger partial charge is 0.306 e. The number of aliphatic carboxylic acids is 1. The van der Waals surface area contributed by atoms with Crippen LogP contribution >= 0.6 is 11.6 Å². The third kappa shape index (κ3) is 4.58. The molecule has 0 aliphatic carbocycles. The number of aliphatic hydroxyl groups is 1. The van der Waals surface area contributed by atoms with E-state index in [4.69, 9.17) is 16.7 Å². The predicted octanol–water partition coefficient (Wildman–Crippen LogP) is 2.12. The molecule has 0 saturated heterocycles. The van der Waals surface area contributed by atoms with E-state index in [9.17, 15) is 14.3 Å². The molecule has 3 N–H and O–H groups in total. The van der Waals surface area contributed by atoms with Gasteiger partial charge in [-0.2, -0.15) is 0 Å². The fourth-order valence-electron chi connectivity index (χ4n) is 1.29. The van der Waals surface area contributed by atoms with Crippen molar-refractivity contribution in [2.45, 2.75) is 18.9 Å². The molecule has 1 aromatic rings. The topological polar surface area (TPSA) is 69.6 Å². The zero-order valence-electron chi connectivity index (χ0n) is 9.20. The number of carboxylic acids is 1. The summed E-state index contributed by atoms with van der Waals surface area (Å²) >= 11 is 5.58. The number of halogens is 2. The van der Waals surface area contributed by atoms with Gasteiger partial charge in [-0.25, -0.2) is 4.39 Å². The number of carbonyl (C=O) groups is 1. The average Bonchev–Trinajstić information content (AvgIpc) is 2.18. The number of anilines is 1. The van der Waals surface area contributed by atoms with Crippen molar-refractivity contribution in [3.63, 3.8) is 0 Å². The fourth-order valence-corrected chi connectivity index (χ4v) is 1.47. The molecular formula is C11H13ClFNO3. The maximum Gasteiger partial charge on any atom is 0.306 e. The van der Waals surface area contributed by atoms with Gasteiger partial charge in [0.05, 0.1) is 17.0 Å². The van der Waals surface area contributed by atoms with E-state index in [1.54, 1.807) is 0 Å². The van der Waals surface area contributed by atoms with E-state index >= 15 is 0 Å². The molecule has 0 heterocycles. The fraction of sp³-hybridized carbons (Fsp3) is 0.364. The summed E-state index contributed by atoms with van der Waals surface area (Å²) < 4.78 is 12.9. The van der Waals surface area contributed by atoms with E-state index < -0.39 is 17.4 Å². The van der Waals surface area contributed by atoms with Crippen LogP contribution in [0.4, 0.5) is 10.1 Å². The standard InChI is InChI=1S/C11H13ClFNO3/c1-11(17,5-10(15)16)6-14-7-2-3-9(13)8(12)4-7/h2-4,14,17H,5-6H2,1H3,(H,15,16). The van der Waals surface area contributed by atoms with Crippen molar-refractivity contribution in [2.75, 3.05) is 11.9 Å². The Bertz CT molecular complexity index is 423. The molecule has 1 atom stereocenters. The molecule has 0 amide bonds. The van der Waals surface area contributed by atoms with E-state index in [0.29, 0.717) is 5.69 Å². The van der Waals surface area contributed by atoms with Crippen LogP contribution < -0.4 is 5.32 Å². The Labute approximate surface area is 103 Å². The van der Waals surface area contributed by atoms with Crippen LogP contribution in [0.5, 0.6) is 0 Å². The van der Waals surface area contributed by atoms with Crippen LogP contribution in [0.2, 0.25) is 5.02 Å². The number of carboxylic acid groups (broad SMARTS) is 1. The van der Waals surface area contributed by atoms with E-state index in [-0.39, 0.29) is 18.0 Å². The molecule has 1 unspecified atom stereocenters. The van der Waals surface area contributed by atoms with Gasteiger partial charge in [-0.3, -0.25) is 4.79 Å². The summed E-state index contributed by atoms with van der Waals surface area (Å²) in [5.41, 5.74) is -0.866. The summed E-state index contributed by atoms with van der Waals surface area (Å²) in [5, 5.41) is 21.0. The lowest BCUT2D eigenvalue weighted by Gasteiger charge is -2.22. The minimum atomic E-state index is -1.38. The molecular weight excluding hydrogens is 249 g/mol. The van der Waals surface area contributed by atoms with Gasteiger partial charge in [0.25, 0.3) is 0 Å². The normalized spacial score (nSPS) is 14.1. The molecule has 0 aliphatic rings. The SMILES string of the molecule is CC(O)(CNc1ccc(F)c(Cl)c1)CC(=O)O. The molecule has 1 rings (SSSR count). The Hall–Kier alpha value is -1.33. The Balaban J connectivity index is 2.60.